The zero-order valence-electron chi connectivity index (χ0n) is 7.70. The van der Waals surface area contributed by atoms with E-state index in [9.17, 15) is 0 Å². The third kappa shape index (κ3) is 1.01. The van der Waals surface area contributed by atoms with Gasteiger partial charge in [0.25, 0.3) is 0 Å². The van der Waals surface area contributed by atoms with Crippen molar-refractivity contribution >= 4 is 28.4 Å². The molecule has 14 heavy (non-hydrogen) atoms. The number of nitrogens with one attached hydrogen (secondary N) is 1. The molecule has 0 aliphatic carbocycles. The molecule has 2 heteroatoms. The monoisotopic (exact) mass is 182 g/mol. The van der Waals surface area contributed by atoms with E-state index >= 15 is 0 Å². The van der Waals surface area contributed by atoms with Crippen LogP contribution in [0.2, 0.25) is 0 Å². The highest BCUT2D eigenvalue weighted by Gasteiger charge is 2.07. The number of nitrogens with zero attached hydrogens (tertiary/aromatic N) is 1. The van der Waals surface area contributed by atoms with Gasteiger partial charge < -0.3 is 5.32 Å². The summed E-state index contributed by atoms with van der Waals surface area (Å²) < 4.78 is 0. The van der Waals surface area contributed by atoms with Crippen LogP contribution in [0, 0.1) is 0 Å². The van der Waals surface area contributed by atoms with E-state index in [4.69, 9.17) is 0 Å². The molecule has 2 aromatic carbocycles. The van der Waals surface area contributed by atoms with Crippen LogP contribution in [0.15, 0.2) is 41.4 Å². The van der Waals surface area contributed by atoms with Crippen LogP contribution in [-0.2, 0) is 0 Å². The molecule has 0 saturated carbocycles. The molecule has 0 amide bonds. The number of aliphatic imine (C=N–C) groups is 1. The van der Waals surface area contributed by atoms with Gasteiger partial charge in [-0.05, 0) is 11.5 Å². The topological polar surface area (TPSA) is 24.4 Å². The summed E-state index contributed by atoms with van der Waals surface area (Å²) in [6.07, 6.45) is 1.90. The van der Waals surface area contributed by atoms with E-state index < -0.39 is 0 Å². The van der Waals surface area contributed by atoms with Gasteiger partial charge in [0.05, 0.1) is 17.9 Å². The lowest BCUT2D eigenvalue weighted by molar-refractivity contribution is 1.35. The highest BCUT2D eigenvalue weighted by molar-refractivity contribution is 6.01. The van der Waals surface area contributed by atoms with Gasteiger partial charge in [0.2, 0.25) is 0 Å². The van der Waals surface area contributed by atoms with Crippen molar-refractivity contribution in [3.63, 3.8) is 0 Å². The number of hydrogen-bond donors (Lipinski definition) is 1. The van der Waals surface area contributed by atoms with Crippen molar-refractivity contribution in [2.75, 3.05) is 11.9 Å². The van der Waals surface area contributed by atoms with E-state index in [1.807, 2.05) is 6.21 Å². The van der Waals surface area contributed by atoms with E-state index in [0.29, 0.717) is 0 Å². The van der Waals surface area contributed by atoms with Crippen LogP contribution in [0.3, 0.4) is 0 Å². The smallest absolute Gasteiger partial charge is 0.0864 e. The van der Waals surface area contributed by atoms with E-state index in [0.717, 1.165) is 17.9 Å². The van der Waals surface area contributed by atoms with Gasteiger partial charge >= 0.3 is 0 Å². The van der Waals surface area contributed by atoms with Crippen molar-refractivity contribution in [1.29, 1.82) is 0 Å². The molecule has 1 heterocycles. The Morgan fingerprint density at radius 1 is 1.07 bits per heavy atom. The van der Waals surface area contributed by atoms with Crippen LogP contribution in [0.4, 0.5) is 11.4 Å². The number of anilines is 1. The second-order valence-electron chi connectivity index (χ2n) is 3.37. The molecule has 1 aliphatic rings. The summed E-state index contributed by atoms with van der Waals surface area (Å²) in [4.78, 5) is 4.36. The number of rotatable bonds is 0. The van der Waals surface area contributed by atoms with E-state index in [1.165, 1.54) is 10.8 Å². The number of hydrogen-bond acceptors (Lipinski definition) is 2. The fourth-order valence-electron chi connectivity index (χ4n) is 1.85. The highest BCUT2D eigenvalue weighted by atomic mass is 15.0. The summed E-state index contributed by atoms with van der Waals surface area (Å²) in [5, 5.41) is 5.87. The first-order chi connectivity index (χ1) is 6.95. The number of benzene rings is 2. The Hall–Kier alpha value is -1.83. The van der Waals surface area contributed by atoms with Gasteiger partial charge in [-0.15, -0.1) is 0 Å². The third-order valence-electron chi connectivity index (χ3n) is 2.51. The average molecular weight is 182 g/mol. The predicted molar refractivity (Wildman–Crippen MR) is 60.6 cm³/mol. The van der Waals surface area contributed by atoms with E-state index in [2.05, 4.69) is 46.7 Å². The molecule has 0 unspecified atom stereocenters. The minimum absolute atomic E-state index is 0.820. The molecular weight excluding hydrogens is 172 g/mol. The maximum atomic E-state index is 4.36. The molecular formula is C12H10N2. The summed E-state index contributed by atoms with van der Waals surface area (Å²) in [5.74, 6) is 0. The molecule has 2 nitrogen and oxygen atoms in total. The average Bonchev–Trinajstić information content (AvgIpc) is 2.29. The fraction of sp³-hybridized carbons (Fsp3) is 0.0833. The Bertz CT molecular complexity index is 515. The Morgan fingerprint density at radius 3 is 3.00 bits per heavy atom. The molecule has 1 aliphatic heterocycles. The van der Waals surface area contributed by atoms with E-state index in [-0.39, 0.29) is 0 Å². The van der Waals surface area contributed by atoms with Crippen LogP contribution < -0.4 is 5.32 Å². The van der Waals surface area contributed by atoms with Crippen molar-refractivity contribution in [2.24, 2.45) is 4.99 Å². The first-order valence-corrected chi connectivity index (χ1v) is 4.73. The predicted octanol–water partition coefficient (Wildman–Crippen LogP) is 2.97. The third-order valence-corrected chi connectivity index (χ3v) is 2.51. The maximum Gasteiger partial charge on any atom is 0.0864 e. The normalized spacial score (nSPS) is 13.7. The Labute approximate surface area is 82.3 Å². The molecule has 1 N–H and O–H groups in total. The summed E-state index contributed by atoms with van der Waals surface area (Å²) in [7, 11) is 0. The minimum Gasteiger partial charge on any atom is -0.378 e. The van der Waals surface area contributed by atoms with Crippen molar-refractivity contribution < 1.29 is 0 Å². The Balaban J connectivity index is 2.41. The molecule has 68 valence electrons. The lowest BCUT2D eigenvalue weighted by Gasteiger charge is -2.14. The van der Waals surface area contributed by atoms with Crippen LogP contribution in [0.5, 0.6) is 0 Å². The molecule has 0 atom stereocenters. The molecule has 2 aromatic rings. The molecule has 0 saturated heterocycles. The SMILES string of the molecule is C1=Nc2ccc3ccccc3c2NC1. The van der Waals surface area contributed by atoms with Gasteiger partial charge in [-0.2, -0.15) is 0 Å². The quantitative estimate of drug-likeness (QED) is 0.665. The van der Waals surface area contributed by atoms with Crippen LogP contribution in [0.1, 0.15) is 0 Å². The molecule has 0 spiro atoms. The lowest BCUT2D eigenvalue weighted by atomic mass is 10.1. The Kier molecular flexibility index (Phi) is 1.53. The fourth-order valence-corrected chi connectivity index (χ4v) is 1.85. The first-order valence-electron chi connectivity index (χ1n) is 4.73. The molecule has 0 radical (unpaired) electrons. The van der Waals surface area contributed by atoms with Gasteiger partial charge in [-0.1, -0.05) is 30.3 Å². The lowest BCUT2D eigenvalue weighted by Crippen LogP contribution is -2.06. The highest BCUT2D eigenvalue weighted by Crippen LogP contribution is 2.34. The van der Waals surface area contributed by atoms with Crippen LogP contribution >= 0.6 is 0 Å². The summed E-state index contributed by atoms with van der Waals surface area (Å²) in [6.45, 7) is 0.820. The van der Waals surface area contributed by atoms with Crippen molar-refractivity contribution in [1.82, 2.24) is 0 Å². The zero-order valence-corrected chi connectivity index (χ0v) is 7.70. The summed E-state index contributed by atoms with van der Waals surface area (Å²) in [5.41, 5.74) is 2.19. The molecule has 0 fully saturated rings. The van der Waals surface area contributed by atoms with Crippen LogP contribution in [-0.4, -0.2) is 12.8 Å². The van der Waals surface area contributed by atoms with E-state index in [1.54, 1.807) is 0 Å². The Morgan fingerprint density at radius 2 is 2.00 bits per heavy atom. The summed E-state index contributed by atoms with van der Waals surface area (Å²) in [6, 6.07) is 12.5. The van der Waals surface area contributed by atoms with Gasteiger partial charge in [0.15, 0.2) is 0 Å². The van der Waals surface area contributed by atoms with Crippen molar-refractivity contribution in [3.8, 4) is 0 Å². The van der Waals surface area contributed by atoms with Gasteiger partial charge in [0, 0.05) is 11.6 Å². The van der Waals surface area contributed by atoms with Crippen LogP contribution in [0.25, 0.3) is 10.8 Å². The van der Waals surface area contributed by atoms with Gasteiger partial charge in [-0.25, -0.2) is 0 Å². The molecule has 3 rings (SSSR count). The zero-order chi connectivity index (χ0) is 9.38. The minimum atomic E-state index is 0.820. The molecule has 0 aromatic heterocycles. The summed E-state index contributed by atoms with van der Waals surface area (Å²) >= 11 is 0. The number of fused-ring (bicyclic) bond motifs is 3. The largest absolute Gasteiger partial charge is 0.378 e. The maximum absolute atomic E-state index is 4.36. The van der Waals surface area contributed by atoms with Crippen molar-refractivity contribution in [2.45, 2.75) is 0 Å². The molecule has 0 bridgehead atoms. The second-order valence-corrected chi connectivity index (χ2v) is 3.37. The second kappa shape index (κ2) is 2.84. The standard InChI is InChI=1S/C12H10N2/c1-2-4-10-9(3-1)5-6-11-12(10)14-8-7-13-11/h1-7,14H,8H2. The first kappa shape index (κ1) is 7.56. The van der Waals surface area contributed by atoms with Crippen molar-refractivity contribution in [3.05, 3.63) is 36.4 Å². The van der Waals surface area contributed by atoms with Gasteiger partial charge in [0.1, 0.15) is 0 Å². The van der Waals surface area contributed by atoms with Gasteiger partial charge in [-0.3, -0.25) is 4.99 Å².